The number of hydrogen-bond acceptors (Lipinski definition) is 8. The number of H-pyrrole nitrogens is 1. The van der Waals surface area contributed by atoms with Crippen LogP contribution >= 0.6 is 11.6 Å². The van der Waals surface area contributed by atoms with E-state index in [0.29, 0.717) is 16.2 Å². The predicted octanol–water partition coefficient (Wildman–Crippen LogP) is 2.96. The third kappa shape index (κ3) is 4.24. The van der Waals surface area contributed by atoms with Gasteiger partial charge in [-0.2, -0.15) is 15.1 Å². The number of methoxy groups -OCH3 is 2. The molecule has 174 valence electrons. The molecule has 3 heterocycles. The van der Waals surface area contributed by atoms with Crippen LogP contribution in [0.2, 0.25) is 5.02 Å². The van der Waals surface area contributed by atoms with Gasteiger partial charge in [-0.05, 0) is 18.2 Å². The number of aromatic amines is 1. The number of benzene rings is 1. The van der Waals surface area contributed by atoms with Crippen molar-refractivity contribution in [3.63, 3.8) is 0 Å². The number of nitrogens with zero attached hydrogens (tertiary/aromatic N) is 4. The number of anilines is 1. The molecular weight excluding hydrogens is 479 g/mol. The quantitative estimate of drug-likeness (QED) is 0.358. The third-order valence-electron chi connectivity index (χ3n) is 4.37. The van der Waals surface area contributed by atoms with Crippen molar-refractivity contribution < 1.29 is 32.5 Å². The summed E-state index contributed by atoms with van der Waals surface area (Å²) >= 11 is 6.32. The van der Waals surface area contributed by atoms with Crippen molar-refractivity contribution in [2.24, 2.45) is 0 Å². The minimum Gasteiger partial charge on any atom is -0.481 e. The average molecular weight is 501 g/mol. The van der Waals surface area contributed by atoms with E-state index in [1.54, 1.807) is 12.3 Å². The lowest BCUT2D eigenvalue weighted by Gasteiger charge is -2.14. The zero-order chi connectivity index (χ0) is 27.2. The van der Waals surface area contributed by atoms with Gasteiger partial charge in [0.2, 0.25) is 11.7 Å². The highest BCUT2D eigenvalue weighted by molar-refractivity contribution is 7.93. The fourth-order valence-corrected chi connectivity index (χ4v) is 4.40. The van der Waals surface area contributed by atoms with Gasteiger partial charge in [0.25, 0.3) is 21.8 Å². The number of ether oxygens (including phenoxy) is 3. The first-order valence-electron chi connectivity index (χ1n) is 11.0. The van der Waals surface area contributed by atoms with E-state index < -0.39 is 46.7 Å². The Morgan fingerprint density at radius 1 is 1.27 bits per heavy atom. The smallest absolute Gasteiger partial charge is 0.266 e. The number of sulfonamides is 1. The van der Waals surface area contributed by atoms with Crippen LogP contribution in [0, 0.1) is 0 Å². The molecule has 0 unspecified atom stereocenters. The van der Waals surface area contributed by atoms with Gasteiger partial charge >= 0.3 is 0 Å². The fourth-order valence-electron chi connectivity index (χ4n) is 3.05. The summed E-state index contributed by atoms with van der Waals surface area (Å²) in [6, 6.07) is 4.69. The Morgan fingerprint density at radius 2 is 2.00 bits per heavy atom. The molecule has 33 heavy (non-hydrogen) atoms. The van der Waals surface area contributed by atoms with E-state index in [0.717, 1.165) is 14.2 Å². The van der Waals surface area contributed by atoms with E-state index in [4.69, 9.17) is 31.3 Å². The number of halogens is 2. The minimum absolute atomic E-state index is 0.184. The summed E-state index contributed by atoms with van der Waals surface area (Å²) in [5.74, 6) is -2.35. The lowest BCUT2D eigenvalue weighted by Crippen LogP contribution is -2.16. The van der Waals surface area contributed by atoms with Crippen LogP contribution in [0.5, 0.6) is 17.5 Å². The second kappa shape index (κ2) is 9.11. The number of rotatable bonds is 9. The molecule has 4 aromatic rings. The molecule has 1 aromatic carbocycles. The Morgan fingerprint density at radius 3 is 2.61 bits per heavy atom. The highest BCUT2D eigenvalue weighted by Crippen LogP contribution is 2.36. The lowest BCUT2D eigenvalue weighted by atomic mass is 10.2. The Labute approximate surface area is 198 Å². The van der Waals surface area contributed by atoms with Crippen LogP contribution in [0.25, 0.3) is 16.6 Å². The monoisotopic (exact) mass is 500 g/mol. The van der Waals surface area contributed by atoms with Gasteiger partial charge in [0.05, 0.1) is 30.2 Å². The highest BCUT2D eigenvalue weighted by Gasteiger charge is 2.25. The van der Waals surface area contributed by atoms with E-state index in [1.807, 2.05) is 0 Å². The van der Waals surface area contributed by atoms with Crippen LogP contribution in [0.3, 0.4) is 0 Å². The van der Waals surface area contributed by atoms with Gasteiger partial charge in [0.1, 0.15) is 23.8 Å². The van der Waals surface area contributed by atoms with Gasteiger partial charge in [-0.1, -0.05) is 11.6 Å². The summed E-state index contributed by atoms with van der Waals surface area (Å²) < 4.78 is 87.6. The van der Waals surface area contributed by atoms with Crippen molar-refractivity contribution in [1.82, 2.24) is 24.7 Å². The molecule has 0 bridgehead atoms. The van der Waals surface area contributed by atoms with E-state index in [9.17, 15) is 12.8 Å². The molecule has 0 saturated heterocycles. The van der Waals surface area contributed by atoms with Crippen LogP contribution < -0.4 is 18.9 Å². The van der Waals surface area contributed by atoms with Crippen LogP contribution in [-0.4, -0.2) is 60.6 Å². The molecule has 0 radical (unpaired) electrons. The lowest BCUT2D eigenvalue weighted by molar-refractivity contribution is 0.240. The van der Waals surface area contributed by atoms with Gasteiger partial charge in [-0.25, -0.2) is 22.2 Å². The first-order valence-corrected chi connectivity index (χ1v) is 10.9. The van der Waals surface area contributed by atoms with Gasteiger partial charge in [-0.3, -0.25) is 0 Å². The second-order valence-corrected chi connectivity index (χ2v) is 8.28. The molecule has 0 saturated carbocycles. The molecule has 0 aliphatic heterocycles. The van der Waals surface area contributed by atoms with Crippen LogP contribution in [-0.2, 0) is 10.0 Å². The number of nitrogens with one attached hydrogen (secondary N) is 2. The standard InChI is InChI=1S/C19H18ClFN6O5S/c1-30-17-16(32-9-6-21)18(31-2)25-19(24-17)26-33(28,29)13-10-22-14-11(13)4-5-12(20)15(14)27-8-3-7-23-27/h3-5,7-8,10,22H,6,9H2,1-2H3,(H,24,25,26)/i6D2,9D2. The van der Waals surface area contributed by atoms with Gasteiger partial charge in [0.15, 0.2) is 0 Å². The Balaban J connectivity index is 1.74. The maximum atomic E-state index is 13.7. The molecule has 0 spiro atoms. The summed E-state index contributed by atoms with van der Waals surface area (Å²) in [5, 5.41) is 4.74. The van der Waals surface area contributed by atoms with Crippen LogP contribution in [0.4, 0.5) is 10.3 Å². The summed E-state index contributed by atoms with van der Waals surface area (Å²) in [4.78, 5) is 10.4. The van der Waals surface area contributed by atoms with Crippen LogP contribution in [0.1, 0.15) is 5.48 Å². The van der Waals surface area contributed by atoms with E-state index in [-0.39, 0.29) is 10.3 Å². The summed E-state index contributed by atoms with van der Waals surface area (Å²) in [5.41, 5.74) is 0.813. The van der Waals surface area contributed by atoms with E-state index in [1.165, 1.54) is 29.2 Å². The Bertz CT molecular complexity index is 1540. The van der Waals surface area contributed by atoms with Gasteiger partial charge in [-0.15, -0.1) is 0 Å². The number of hydrogen-bond donors (Lipinski definition) is 2. The minimum atomic E-state index is -4.34. The largest absolute Gasteiger partial charge is 0.481 e. The normalized spacial score (nSPS) is 14.2. The van der Waals surface area contributed by atoms with Crippen molar-refractivity contribution in [2.45, 2.75) is 4.90 Å². The maximum Gasteiger partial charge on any atom is 0.266 e. The molecule has 14 heteroatoms. The third-order valence-corrected chi connectivity index (χ3v) is 6.05. The molecule has 4 rings (SSSR count). The predicted molar refractivity (Wildman–Crippen MR) is 118 cm³/mol. The SMILES string of the molecule is [2H]C([2H])(F)C([2H])([2H])Oc1c(OC)nc(NS(=O)(=O)c2c[nH]c3c(-n4cccn4)c(Cl)ccc23)nc1OC. The van der Waals surface area contributed by atoms with Crippen molar-refractivity contribution in [1.29, 1.82) is 0 Å². The van der Waals surface area contributed by atoms with Crippen molar-refractivity contribution in [3.05, 3.63) is 41.8 Å². The number of fused-ring (bicyclic) bond motifs is 1. The first-order chi connectivity index (χ1) is 17.3. The molecule has 0 fully saturated rings. The van der Waals surface area contributed by atoms with Gasteiger partial charge in [0, 0.05) is 24.0 Å². The summed E-state index contributed by atoms with van der Waals surface area (Å²) in [7, 11) is -2.16. The zero-order valence-electron chi connectivity index (χ0n) is 21.0. The number of aromatic nitrogens is 5. The average Bonchev–Trinajstić information content (AvgIpc) is 3.49. The number of alkyl halides is 1. The second-order valence-electron chi connectivity index (χ2n) is 6.22. The zero-order valence-corrected chi connectivity index (χ0v) is 18.5. The molecule has 3 aromatic heterocycles. The van der Waals surface area contributed by atoms with E-state index in [2.05, 4.69) is 24.8 Å². The molecular formula is C19H18ClFN6O5S. The Hall–Kier alpha value is -3.58. The maximum absolute atomic E-state index is 13.7. The van der Waals surface area contributed by atoms with E-state index >= 15 is 0 Å². The molecule has 0 amide bonds. The molecule has 0 atom stereocenters. The van der Waals surface area contributed by atoms with Crippen molar-refractivity contribution in [2.75, 3.05) is 32.1 Å². The topological polar surface area (TPSA) is 133 Å². The van der Waals surface area contributed by atoms with Crippen LogP contribution in [0.15, 0.2) is 41.7 Å². The van der Waals surface area contributed by atoms with Crippen molar-refractivity contribution in [3.8, 4) is 23.2 Å². The van der Waals surface area contributed by atoms with Gasteiger partial charge < -0.3 is 19.2 Å². The summed E-state index contributed by atoms with van der Waals surface area (Å²) in [6.07, 6.45) is 4.41. The molecule has 0 aliphatic carbocycles. The molecule has 2 N–H and O–H groups in total. The molecule has 11 nitrogen and oxygen atoms in total. The highest BCUT2D eigenvalue weighted by atomic mass is 35.5. The molecule has 0 aliphatic rings. The fraction of sp³-hybridized carbons (Fsp3) is 0.211. The summed E-state index contributed by atoms with van der Waals surface area (Å²) in [6.45, 7) is -7.41. The Kier molecular flexibility index (Phi) is 4.95. The first kappa shape index (κ1) is 17.9. The van der Waals surface area contributed by atoms with Crippen molar-refractivity contribution >= 4 is 38.5 Å².